The molecule has 1 saturated heterocycles. The van der Waals surface area contributed by atoms with Crippen LogP contribution in [0.1, 0.15) is 12.8 Å². The van der Waals surface area contributed by atoms with Crippen LogP contribution in [0.3, 0.4) is 0 Å². The highest BCUT2D eigenvalue weighted by Gasteiger charge is 2.29. The zero-order valence-electron chi connectivity index (χ0n) is 7.77. The first-order valence-electron chi connectivity index (χ1n) is 4.70. The van der Waals surface area contributed by atoms with Crippen molar-refractivity contribution in [2.75, 3.05) is 6.54 Å². The van der Waals surface area contributed by atoms with Gasteiger partial charge in [-0.05, 0) is 12.5 Å². The summed E-state index contributed by atoms with van der Waals surface area (Å²) in [6, 6.07) is -0.186. The molecule has 74 valence electrons. The quantitative estimate of drug-likeness (QED) is 0.603. The lowest BCUT2D eigenvalue weighted by atomic mass is 10.0. The molecule has 2 heterocycles. The highest BCUT2D eigenvalue weighted by atomic mass is 16.2. The molecule has 0 aromatic heterocycles. The maximum atomic E-state index is 11.5. The Labute approximate surface area is 82.3 Å². The van der Waals surface area contributed by atoms with Gasteiger partial charge in [-0.3, -0.25) is 14.9 Å². The third-order valence-corrected chi connectivity index (χ3v) is 2.45. The van der Waals surface area contributed by atoms with E-state index in [-0.39, 0.29) is 17.9 Å². The molecule has 0 aliphatic carbocycles. The summed E-state index contributed by atoms with van der Waals surface area (Å²) in [6.07, 6.45) is 8.77. The number of carbonyl (C=O) groups excluding carboxylic acids is 2. The summed E-state index contributed by atoms with van der Waals surface area (Å²) in [6.45, 7) is 0.739. The van der Waals surface area contributed by atoms with Gasteiger partial charge in [-0.1, -0.05) is 12.2 Å². The van der Waals surface area contributed by atoms with Gasteiger partial charge in [0.15, 0.2) is 0 Å². The maximum absolute atomic E-state index is 11.5. The van der Waals surface area contributed by atoms with Gasteiger partial charge in [0.25, 0.3) is 0 Å². The van der Waals surface area contributed by atoms with Crippen molar-refractivity contribution in [2.45, 2.75) is 18.9 Å². The summed E-state index contributed by atoms with van der Waals surface area (Å²) in [4.78, 5) is 24.3. The molecule has 2 rings (SSSR count). The lowest BCUT2D eigenvalue weighted by Crippen LogP contribution is -2.51. The van der Waals surface area contributed by atoms with E-state index in [1.54, 1.807) is 0 Å². The highest BCUT2D eigenvalue weighted by Crippen LogP contribution is 2.14. The fourth-order valence-corrected chi connectivity index (χ4v) is 1.71. The molecular weight excluding hydrogens is 180 g/mol. The van der Waals surface area contributed by atoms with Crippen molar-refractivity contribution in [2.24, 2.45) is 0 Å². The number of carbonyl (C=O) groups is 2. The van der Waals surface area contributed by atoms with Crippen molar-refractivity contribution in [3.05, 3.63) is 24.4 Å². The lowest BCUT2D eigenvalue weighted by Gasteiger charge is -2.31. The van der Waals surface area contributed by atoms with Gasteiger partial charge in [-0.25, -0.2) is 0 Å². The van der Waals surface area contributed by atoms with E-state index in [0.29, 0.717) is 12.8 Å². The second-order valence-electron chi connectivity index (χ2n) is 3.43. The lowest BCUT2D eigenvalue weighted by molar-refractivity contribution is -0.136. The van der Waals surface area contributed by atoms with E-state index in [4.69, 9.17) is 0 Å². The number of imide groups is 1. The Kier molecular flexibility index (Phi) is 2.35. The van der Waals surface area contributed by atoms with Crippen LogP contribution in [0, 0.1) is 0 Å². The Morgan fingerprint density at radius 2 is 2.21 bits per heavy atom. The van der Waals surface area contributed by atoms with Crippen LogP contribution in [0.2, 0.25) is 0 Å². The molecule has 2 amide bonds. The molecule has 1 fully saturated rings. The third-order valence-electron chi connectivity index (χ3n) is 2.45. The normalized spacial score (nSPS) is 26.6. The van der Waals surface area contributed by atoms with Crippen molar-refractivity contribution in [3.63, 3.8) is 0 Å². The zero-order chi connectivity index (χ0) is 9.97. The van der Waals surface area contributed by atoms with Crippen LogP contribution in [0.25, 0.3) is 0 Å². The summed E-state index contributed by atoms with van der Waals surface area (Å²) in [7, 11) is 0. The molecule has 14 heavy (non-hydrogen) atoms. The number of amides is 2. The number of allylic oxidation sites excluding steroid dienone is 2. The van der Waals surface area contributed by atoms with Gasteiger partial charge in [0, 0.05) is 19.2 Å². The summed E-state index contributed by atoms with van der Waals surface area (Å²) in [5, 5.41) is 2.35. The predicted octanol–water partition coefficient (Wildman–Crippen LogP) is 0.177. The number of hydrogen-bond acceptors (Lipinski definition) is 3. The second kappa shape index (κ2) is 3.65. The molecule has 4 heteroatoms. The summed E-state index contributed by atoms with van der Waals surface area (Å²) in [5.41, 5.74) is 0. The molecule has 0 aromatic carbocycles. The molecule has 0 bridgehead atoms. The zero-order valence-corrected chi connectivity index (χ0v) is 7.77. The monoisotopic (exact) mass is 192 g/mol. The van der Waals surface area contributed by atoms with Crippen molar-refractivity contribution in [1.29, 1.82) is 0 Å². The topological polar surface area (TPSA) is 49.4 Å². The largest absolute Gasteiger partial charge is 0.362 e. The number of piperidine rings is 1. The maximum Gasteiger partial charge on any atom is 0.249 e. The Morgan fingerprint density at radius 3 is 2.86 bits per heavy atom. The summed E-state index contributed by atoms with van der Waals surface area (Å²) < 4.78 is 0. The van der Waals surface area contributed by atoms with E-state index in [1.807, 2.05) is 29.3 Å². The molecule has 4 nitrogen and oxygen atoms in total. The first-order chi connectivity index (χ1) is 6.77. The Balaban J connectivity index is 2.04. The van der Waals surface area contributed by atoms with Gasteiger partial charge in [0.05, 0.1) is 0 Å². The molecule has 0 radical (unpaired) electrons. The molecule has 2 aliphatic heterocycles. The summed E-state index contributed by atoms with van der Waals surface area (Å²) in [5.74, 6) is -0.344. The SMILES string of the molecule is O=C1CCC(N2C=CC=CC2)C(=O)N1. The molecule has 0 spiro atoms. The molecule has 1 atom stereocenters. The van der Waals surface area contributed by atoms with Crippen LogP contribution in [-0.2, 0) is 9.59 Å². The minimum Gasteiger partial charge on any atom is -0.362 e. The number of nitrogens with zero attached hydrogens (tertiary/aromatic N) is 1. The fraction of sp³-hybridized carbons (Fsp3) is 0.400. The first-order valence-corrected chi connectivity index (χ1v) is 4.70. The van der Waals surface area contributed by atoms with Crippen molar-refractivity contribution in [3.8, 4) is 0 Å². The van der Waals surface area contributed by atoms with Crippen LogP contribution in [0.5, 0.6) is 0 Å². The van der Waals surface area contributed by atoms with Crippen LogP contribution in [0.15, 0.2) is 24.4 Å². The Bertz CT molecular complexity index is 320. The van der Waals surface area contributed by atoms with E-state index in [0.717, 1.165) is 6.54 Å². The van der Waals surface area contributed by atoms with Gasteiger partial charge < -0.3 is 4.90 Å². The fourth-order valence-electron chi connectivity index (χ4n) is 1.71. The van der Waals surface area contributed by atoms with Gasteiger partial charge in [0.1, 0.15) is 6.04 Å². The van der Waals surface area contributed by atoms with Gasteiger partial charge in [0.2, 0.25) is 11.8 Å². The summed E-state index contributed by atoms with van der Waals surface area (Å²) >= 11 is 0. The molecule has 1 N–H and O–H groups in total. The van der Waals surface area contributed by atoms with Gasteiger partial charge >= 0.3 is 0 Å². The molecule has 1 unspecified atom stereocenters. The van der Waals surface area contributed by atoms with E-state index in [1.165, 1.54) is 0 Å². The van der Waals surface area contributed by atoms with Crippen LogP contribution >= 0.6 is 0 Å². The third kappa shape index (κ3) is 1.69. The van der Waals surface area contributed by atoms with Gasteiger partial charge in [-0.15, -0.1) is 0 Å². The van der Waals surface area contributed by atoms with Gasteiger partial charge in [-0.2, -0.15) is 0 Å². The minimum atomic E-state index is -0.186. The van der Waals surface area contributed by atoms with Crippen molar-refractivity contribution >= 4 is 11.8 Å². The molecule has 0 aromatic rings. The highest BCUT2D eigenvalue weighted by molar-refractivity contribution is 6.00. The predicted molar refractivity (Wildman–Crippen MR) is 51.2 cm³/mol. The number of rotatable bonds is 1. The molecular formula is C10H12N2O2. The van der Waals surface area contributed by atoms with Crippen molar-refractivity contribution in [1.82, 2.24) is 10.2 Å². The van der Waals surface area contributed by atoms with Crippen molar-refractivity contribution < 1.29 is 9.59 Å². The minimum absolute atomic E-state index is 0.164. The van der Waals surface area contributed by atoms with E-state index in [2.05, 4.69) is 5.32 Å². The van der Waals surface area contributed by atoms with Crippen LogP contribution < -0.4 is 5.32 Å². The molecule has 2 aliphatic rings. The number of nitrogens with one attached hydrogen (secondary N) is 1. The van der Waals surface area contributed by atoms with Crippen LogP contribution in [0.4, 0.5) is 0 Å². The van der Waals surface area contributed by atoms with Crippen LogP contribution in [-0.4, -0.2) is 29.3 Å². The van der Waals surface area contributed by atoms with E-state index in [9.17, 15) is 9.59 Å². The number of hydrogen-bond donors (Lipinski definition) is 1. The Morgan fingerprint density at radius 1 is 1.36 bits per heavy atom. The second-order valence-corrected chi connectivity index (χ2v) is 3.43. The standard InChI is InChI=1S/C10H12N2O2/c13-9-5-4-8(10(14)11-9)12-6-2-1-3-7-12/h1-3,6,8H,4-5,7H2,(H,11,13,14). The average molecular weight is 192 g/mol. The Hall–Kier alpha value is -1.58. The smallest absolute Gasteiger partial charge is 0.249 e. The van der Waals surface area contributed by atoms with E-state index >= 15 is 0 Å². The van der Waals surface area contributed by atoms with E-state index < -0.39 is 0 Å². The molecule has 0 saturated carbocycles. The first kappa shape index (κ1) is 8.99. The average Bonchev–Trinajstić information content (AvgIpc) is 2.19.